The number of aliphatic hydroxyl groups is 1. The van der Waals surface area contributed by atoms with Gasteiger partial charge in [-0.3, -0.25) is 0 Å². The fourth-order valence-electron chi connectivity index (χ4n) is 5.44. The van der Waals surface area contributed by atoms with Gasteiger partial charge in [0.1, 0.15) is 0 Å². The van der Waals surface area contributed by atoms with E-state index in [4.69, 9.17) is 11.6 Å². The van der Waals surface area contributed by atoms with E-state index < -0.39 is 5.60 Å². The van der Waals surface area contributed by atoms with Gasteiger partial charge in [-0.2, -0.15) is 0 Å². The summed E-state index contributed by atoms with van der Waals surface area (Å²) >= 11 is 6.06. The molecule has 0 saturated heterocycles. The van der Waals surface area contributed by atoms with Gasteiger partial charge in [-0.1, -0.05) is 30.2 Å². The van der Waals surface area contributed by atoms with Crippen molar-refractivity contribution in [3.8, 4) is 0 Å². The number of hydrogen-bond acceptors (Lipinski definition) is 1. The van der Waals surface area contributed by atoms with Crippen molar-refractivity contribution in [2.24, 2.45) is 23.7 Å². The van der Waals surface area contributed by atoms with Gasteiger partial charge in [0.15, 0.2) is 0 Å². The molecule has 5 unspecified atom stereocenters. The molecule has 3 aliphatic carbocycles. The second-order valence-corrected chi connectivity index (χ2v) is 7.41. The topological polar surface area (TPSA) is 20.2 Å². The Labute approximate surface area is 120 Å². The molecule has 0 amide bonds. The van der Waals surface area contributed by atoms with Crippen LogP contribution in [-0.4, -0.2) is 10.7 Å². The fourth-order valence-corrected chi connectivity index (χ4v) is 5.65. The minimum atomic E-state index is -0.457. The zero-order valence-corrected chi connectivity index (χ0v) is 11.9. The molecule has 19 heavy (non-hydrogen) atoms. The molecular weight excluding hydrogens is 256 g/mol. The Hall–Kier alpha value is -0.530. The third kappa shape index (κ3) is 1.86. The van der Waals surface area contributed by atoms with Crippen LogP contribution in [-0.2, 0) is 6.42 Å². The lowest BCUT2D eigenvalue weighted by Gasteiger charge is -2.39. The van der Waals surface area contributed by atoms with E-state index in [-0.39, 0.29) is 0 Å². The fraction of sp³-hybridized carbons (Fsp3) is 0.647. The molecule has 0 radical (unpaired) electrons. The average Bonchev–Trinajstić information content (AvgIpc) is 2.99. The molecule has 0 spiro atoms. The summed E-state index contributed by atoms with van der Waals surface area (Å²) in [6.07, 6.45) is 7.23. The summed E-state index contributed by atoms with van der Waals surface area (Å²) in [6, 6.07) is 8.01. The van der Waals surface area contributed by atoms with Gasteiger partial charge in [-0.15, -0.1) is 0 Å². The maximum atomic E-state index is 11.1. The van der Waals surface area contributed by atoms with Crippen molar-refractivity contribution >= 4 is 11.6 Å². The van der Waals surface area contributed by atoms with E-state index in [2.05, 4.69) is 6.07 Å². The van der Waals surface area contributed by atoms with Crippen LogP contribution in [0, 0.1) is 23.7 Å². The average molecular weight is 277 g/mol. The van der Waals surface area contributed by atoms with Crippen molar-refractivity contribution in [1.82, 2.24) is 0 Å². The quantitative estimate of drug-likeness (QED) is 0.863. The van der Waals surface area contributed by atoms with Crippen LogP contribution in [0.2, 0.25) is 5.02 Å². The number of rotatable bonds is 2. The molecular formula is C17H21ClO. The van der Waals surface area contributed by atoms with E-state index in [0.717, 1.165) is 35.6 Å². The second kappa shape index (κ2) is 4.23. The van der Waals surface area contributed by atoms with Crippen LogP contribution in [0.15, 0.2) is 24.3 Å². The first kappa shape index (κ1) is 12.2. The Bertz CT molecular complexity index is 500. The Kier molecular flexibility index (Phi) is 2.72. The highest BCUT2D eigenvalue weighted by Gasteiger charge is 2.59. The van der Waals surface area contributed by atoms with Crippen molar-refractivity contribution in [2.45, 2.75) is 44.1 Å². The molecule has 1 nitrogen and oxygen atoms in total. The summed E-state index contributed by atoms with van der Waals surface area (Å²) in [7, 11) is 0. The Morgan fingerprint density at radius 3 is 2.95 bits per heavy atom. The number of halogens is 1. The molecule has 1 aromatic rings. The molecule has 1 N–H and O–H groups in total. The molecule has 2 heteroatoms. The van der Waals surface area contributed by atoms with E-state index in [1.165, 1.54) is 31.2 Å². The van der Waals surface area contributed by atoms with Crippen LogP contribution in [0.3, 0.4) is 0 Å². The van der Waals surface area contributed by atoms with E-state index in [0.29, 0.717) is 5.92 Å². The summed E-state index contributed by atoms with van der Waals surface area (Å²) in [6.45, 7) is 0. The zero-order valence-electron chi connectivity index (χ0n) is 11.2. The van der Waals surface area contributed by atoms with Crippen LogP contribution < -0.4 is 0 Å². The normalized spacial score (nSPS) is 43.7. The molecule has 1 aromatic carbocycles. The van der Waals surface area contributed by atoms with Crippen molar-refractivity contribution in [1.29, 1.82) is 0 Å². The number of hydrogen-bond donors (Lipinski definition) is 1. The van der Waals surface area contributed by atoms with Crippen LogP contribution in [0.4, 0.5) is 0 Å². The van der Waals surface area contributed by atoms with Crippen LogP contribution in [0.5, 0.6) is 0 Å². The van der Waals surface area contributed by atoms with Crippen LogP contribution in [0.25, 0.3) is 0 Å². The first-order valence-electron chi connectivity index (χ1n) is 7.62. The Morgan fingerprint density at radius 2 is 2.11 bits per heavy atom. The van der Waals surface area contributed by atoms with Crippen LogP contribution in [0.1, 0.15) is 37.7 Å². The molecule has 0 heterocycles. The van der Waals surface area contributed by atoms with E-state index in [1.54, 1.807) is 0 Å². The minimum Gasteiger partial charge on any atom is -0.389 e. The number of fused-ring (bicyclic) bond motifs is 5. The summed E-state index contributed by atoms with van der Waals surface area (Å²) in [4.78, 5) is 0. The van der Waals surface area contributed by atoms with Gasteiger partial charge in [-0.05, 0) is 67.1 Å². The third-order valence-electron chi connectivity index (χ3n) is 6.01. The van der Waals surface area contributed by atoms with Crippen molar-refractivity contribution in [2.75, 3.05) is 0 Å². The summed E-state index contributed by atoms with van der Waals surface area (Å²) in [5.41, 5.74) is 0.734. The molecule has 3 aliphatic rings. The van der Waals surface area contributed by atoms with Gasteiger partial charge in [0.05, 0.1) is 5.60 Å². The van der Waals surface area contributed by atoms with E-state index in [9.17, 15) is 5.11 Å². The lowest BCUT2D eigenvalue weighted by Crippen LogP contribution is -2.43. The molecule has 2 bridgehead atoms. The van der Waals surface area contributed by atoms with Gasteiger partial charge in [0, 0.05) is 11.4 Å². The molecule has 5 atom stereocenters. The van der Waals surface area contributed by atoms with E-state index >= 15 is 0 Å². The molecule has 3 fully saturated rings. The maximum absolute atomic E-state index is 11.1. The Balaban J connectivity index is 1.58. The van der Waals surface area contributed by atoms with Gasteiger partial charge in [-0.25, -0.2) is 0 Å². The van der Waals surface area contributed by atoms with Crippen molar-refractivity contribution in [3.63, 3.8) is 0 Å². The first-order chi connectivity index (χ1) is 9.16. The summed E-state index contributed by atoms with van der Waals surface area (Å²) in [5.74, 6) is 3.08. The minimum absolute atomic E-state index is 0.457. The zero-order chi connectivity index (χ0) is 13.0. The molecule has 0 aromatic heterocycles. The summed E-state index contributed by atoms with van der Waals surface area (Å²) < 4.78 is 0. The first-order valence-corrected chi connectivity index (χ1v) is 8.00. The second-order valence-electron chi connectivity index (χ2n) is 6.98. The standard InChI is InChI=1S/C17H21ClO/c18-13-4-1-3-11(7-13)9-17(19)10-12-8-16(17)15-6-2-5-14(12)15/h1,3-4,7,12,14-16,19H,2,5-6,8-10H2. The largest absolute Gasteiger partial charge is 0.389 e. The van der Waals surface area contributed by atoms with Gasteiger partial charge in [0.25, 0.3) is 0 Å². The molecule has 102 valence electrons. The smallest absolute Gasteiger partial charge is 0.0721 e. The van der Waals surface area contributed by atoms with Gasteiger partial charge >= 0.3 is 0 Å². The highest BCUT2D eigenvalue weighted by Crippen LogP contribution is 2.62. The lowest BCUT2D eigenvalue weighted by molar-refractivity contribution is -0.0450. The predicted octanol–water partition coefficient (Wildman–Crippen LogP) is 4.07. The predicted molar refractivity (Wildman–Crippen MR) is 77.2 cm³/mol. The molecule has 0 aliphatic heterocycles. The summed E-state index contributed by atoms with van der Waals surface area (Å²) in [5, 5.41) is 11.9. The van der Waals surface area contributed by atoms with Gasteiger partial charge in [0.2, 0.25) is 0 Å². The highest BCUT2D eigenvalue weighted by molar-refractivity contribution is 6.30. The van der Waals surface area contributed by atoms with Gasteiger partial charge < -0.3 is 5.11 Å². The SMILES string of the molecule is OC1(Cc2cccc(Cl)c2)CC2CC1C1CCCC21. The molecule has 4 rings (SSSR count). The highest BCUT2D eigenvalue weighted by atomic mass is 35.5. The van der Waals surface area contributed by atoms with Crippen LogP contribution >= 0.6 is 11.6 Å². The van der Waals surface area contributed by atoms with Crippen molar-refractivity contribution in [3.05, 3.63) is 34.9 Å². The lowest BCUT2D eigenvalue weighted by atomic mass is 9.71. The van der Waals surface area contributed by atoms with E-state index in [1.807, 2.05) is 18.2 Å². The third-order valence-corrected chi connectivity index (χ3v) is 6.24. The maximum Gasteiger partial charge on any atom is 0.0721 e. The monoisotopic (exact) mass is 276 g/mol. The molecule has 3 saturated carbocycles. The number of benzene rings is 1. The van der Waals surface area contributed by atoms with Crippen molar-refractivity contribution < 1.29 is 5.11 Å². The Morgan fingerprint density at radius 1 is 1.26 bits per heavy atom.